The van der Waals surface area contributed by atoms with Crippen LogP contribution in [0.4, 0.5) is 0 Å². The summed E-state index contributed by atoms with van der Waals surface area (Å²) in [6, 6.07) is 52.3. The SMILES string of the molecule is Cc1cc(-c2c(C)ccn3ccc(C)c23)[n+](C)cc1C.Cc1cc[n+](C)c(-c2c(C)c3ccccn3c2C)c1.Cc1cc[n+](C)c(-c2c(C)ccn3ccc(C)c23)c1.Cc1cc[n+](C)c(-c2c(C)ccn3ccc(C)c23)c1.Cc1cc[n+](C)c(-c2c(C)cn3cccc(C)c23)c1.Cc1cc[n+](C)c(-c2c(C)cn3cccc(C)c23)c1. The van der Waals surface area contributed by atoms with Crippen molar-refractivity contribution in [2.75, 3.05) is 0 Å². The van der Waals surface area contributed by atoms with Gasteiger partial charge in [0.25, 0.3) is 0 Å². The number of rotatable bonds is 6. The van der Waals surface area contributed by atoms with Gasteiger partial charge in [0.1, 0.15) is 42.3 Å². The van der Waals surface area contributed by atoms with E-state index < -0.39 is 0 Å². The van der Waals surface area contributed by atoms with Gasteiger partial charge in [0, 0.05) is 152 Å². The van der Waals surface area contributed by atoms with Gasteiger partial charge in [-0.2, -0.15) is 0 Å². The molecule has 12 nitrogen and oxygen atoms in total. The summed E-state index contributed by atoms with van der Waals surface area (Å²) in [6.45, 7) is 41.3. The van der Waals surface area contributed by atoms with Crippen molar-refractivity contribution < 1.29 is 27.4 Å². The van der Waals surface area contributed by atoms with Crippen LogP contribution in [-0.4, -0.2) is 26.4 Å². The Labute approximate surface area is 680 Å². The first-order valence-electron chi connectivity index (χ1n) is 40.1. The van der Waals surface area contributed by atoms with Gasteiger partial charge >= 0.3 is 0 Å². The first-order valence-corrected chi connectivity index (χ1v) is 40.1. The minimum atomic E-state index is 1.27. The molecule has 582 valence electrons. The number of aromatic nitrogens is 12. The molecule has 0 aliphatic rings. The maximum Gasteiger partial charge on any atom is 0.214 e. The van der Waals surface area contributed by atoms with E-state index >= 15 is 0 Å². The Hall–Kier alpha value is -12.5. The minimum absolute atomic E-state index is 1.27. The maximum absolute atomic E-state index is 2.30. The number of pyridine rings is 12. The van der Waals surface area contributed by atoms with Crippen LogP contribution in [0.2, 0.25) is 0 Å². The number of nitrogens with zero attached hydrogens (tertiary/aromatic N) is 12. The molecular weight excluding hydrogens is 1410 g/mol. The Bertz CT molecular complexity index is 6420. The zero-order valence-corrected chi connectivity index (χ0v) is 72.5. The molecule has 18 rings (SSSR count). The zero-order valence-electron chi connectivity index (χ0n) is 72.5. The van der Waals surface area contributed by atoms with E-state index in [9.17, 15) is 0 Å². The molecule has 0 aliphatic carbocycles. The van der Waals surface area contributed by atoms with E-state index in [1.165, 1.54) is 206 Å². The van der Waals surface area contributed by atoms with E-state index in [-0.39, 0.29) is 0 Å². The number of fused-ring (bicyclic) bond motifs is 6. The molecule has 18 aromatic rings. The molecular formula is C103H116N12+6. The third-order valence-corrected chi connectivity index (χ3v) is 23.2. The zero-order chi connectivity index (χ0) is 82.3. The summed E-state index contributed by atoms with van der Waals surface area (Å²) >= 11 is 0. The summed E-state index contributed by atoms with van der Waals surface area (Å²) in [7, 11) is 12.7. The fourth-order valence-corrected chi connectivity index (χ4v) is 16.8. The van der Waals surface area contributed by atoms with Crippen LogP contribution in [-0.2, 0) is 42.3 Å². The smallest absolute Gasteiger partial charge is 0.214 e. The molecule has 18 heterocycles. The van der Waals surface area contributed by atoms with Crippen LogP contribution >= 0.6 is 0 Å². The molecule has 0 aromatic carbocycles. The van der Waals surface area contributed by atoms with E-state index in [1.54, 1.807) is 0 Å². The predicted molar refractivity (Wildman–Crippen MR) is 474 cm³/mol. The van der Waals surface area contributed by atoms with Crippen molar-refractivity contribution in [1.82, 2.24) is 26.4 Å². The van der Waals surface area contributed by atoms with E-state index in [1.807, 2.05) is 0 Å². The largest absolute Gasteiger partial charge is 0.323 e. The Morgan fingerprint density at radius 1 is 0.217 bits per heavy atom. The maximum atomic E-state index is 2.30. The van der Waals surface area contributed by atoms with Gasteiger partial charge in [0.2, 0.25) is 34.2 Å². The van der Waals surface area contributed by atoms with Gasteiger partial charge in [-0.25, -0.2) is 27.4 Å². The first kappa shape index (κ1) is 80.5. The third-order valence-electron chi connectivity index (χ3n) is 23.2. The Morgan fingerprint density at radius 2 is 0.504 bits per heavy atom. The van der Waals surface area contributed by atoms with Crippen LogP contribution < -0.4 is 27.4 Å². The topological polar surface area (TPSA) is 49.7 Å². The highest BCUT2D eigenvalue weighted by Crippen LogP contribution is 2.36. The molecule has 0 unspecified atom stereocenters. The van der Waals surface area contributed by atoms with Crippen molar-refractivity contribution in [3.05, 3.63) is 357 Å². The van der Waals surface area contributed by atoms with Gasteiger partial charge in [-0.15, -0.1) is 0 Å². The Kier molecular flexibility index (Phi) is 23.3. The number of hydrogen-bond acceptors (Lipinski definition) is 0. The highest BCUT2D eigenvalue weighted by atomic mass is 15.0. The van der Waals surface area contributed by atoms with Crippen LogP contribution in [0.1, 0.15) is 106 Å². The van der Waals surface area contributed by atoms with Crippen LogP contribution in [0, 0.1) is 132 Å². The summed E-state index contributed by atoms with van der Waals surface area (Å²) in [4.78, 5) is 0. The normalized spacial score (nSPS) is 11.2. The lowest BCUT2D eigenvalue weighted by Crippen LogP contribution is -2.31. The fourth-order valence-electron chi connectivity index (χ4n) is 16.8. The summed E-state index contributed by atoms with van der Waals surface area (Å²) < 4.78 is 26.6. The molecule has 12 heteroatoms. The van der Waals surface area contributed by atoms with Crippen molar-refractivity contribution >= 4 is 33.1 Å². The highest BCUT2D eigenvalue weighted by Gasteiger charge is 2.26. The van der Waals surface area contributed by atoms with Gasteiger partial charge < -0.3 is 26.4 Å². The molecule has 0 saturated carbocycles. The van der Waals surface area contributed by atoms with Gasteiger partial charge in [-0.3, -0.25) is 0 Å². The molecule has 0 aliphatic heterocycles. The minimum Gasteiger partial charge on any atom is -0.323 e. The van der Waals surface area contributed by atoms with E-state index in [0.717, 1.165) is 0 Å². The standard InChI is InChI=1S/C18H21N2.5C17H19N2/c1-12-6-8-20-9-7-13(2)18(20)17(12)16-10-14(3)15(4)11-19(16)5;2*1-12-5-8-18(4)15(11-12)16-13(2)6-9-19-10-7-14(3)17(16)19;2*1-12-7-9-18(4)15(10-12)16-14(3)11-19-8-5-6-13(2)17(16)19;1-12-8-10-18(4)16(11-12)17-13(2)15-7-5-6-9-19(15)14(17)3/h6-11H,1-5H3;5*5-11H,1-4H3/q6*+1. The van der Waals surface area contributed by atoms with Crippen LogP contribution in [0.5, 0.6) is 0 Å². The molecule has 0 N–H and O–H groups in total. The quantitative estimate of drug-likeness (QED) is 0.149. The van der Waals surface area contributed by atoms with Crippen molar-refractivity contribution in [2.45, 2.75) is 132 Å². The molecule has 0 spiro atoms. The highest BCUT2D eigenvalue weighted by molar-refractivity contribution is 5.87. The van der Waals surface area contributed by atoms with E-state index in [2.05, 4.69) is 479 Å². The molecule has 0 fully saturated rings. The molecule has 0 atom stereocenters. The molecule has 0 radical (unpaired) electrons. The average molecular weight is 1520 g/mol. The number of hydrogen-bond donors (Lipinski definition) is 0. The number of aryl methyl sites for hydroxylation is 25. The second kappa shape index (κ2) is 33.3. The Balaban J connectivity index is 0.000000120. The van der Waals surface area contributed by atoms with Crippen LogP contribution in [0.25, 0.3) is 101 Å². The summed E-state index contributed by atoms with van der Waals surface area (Å²) in [6.07, 6.45) is 36.5. The molecule has 0 saturated heterocycles. The molecule has 0 bridgehead atoms. The first-order chi connectivity index (χ1) is 54.9. The monoisotopic (exact) mass is 1520 g/mol. The second-order valence-corrected chi connectivity index (χ2v) is 32.3. The summed E-state index contributed by atoms with van der Waals surface area (Å²) in [5, 5.41) is 0. The lowest BCUT2D eigenvalue weighted by molar-refractivity contribution is -0.660. The Morgan fingerprint density at radius 3 is 0.835 bits per heavy atom. The van der Waals surface area contributed by atoms with Crippen molar-refractivity contribution in [1.29, 1.82) is 0 Å². The second-order valence-electron chi connectivity index (χ2n) is 32.3. The van der Waals surface area contributed by atoms with Gasteiger partial charge in [0.15, 0.2) is 37.2 Å². The fraction of sp³-hybridized carbons (Fsp3) is 0.243. The van der Waals surface area contributed by atoms with Crippen molar-refractivity contribution in [2.24, 2.45) is 42.3 Å². The molecule has 18 aromatic heterocycles. The van der Waals surface area contributed by atoms with Gasteiger partial charge in [-0.05, 0) is 287 Å². The van der Waals surface area contributed by atoms with Gasteiger partial charge in [-0.1, -0.05) is 18.2 Å². The van der Waals surface area contributed by atoms with Gasteiger partial charge in [0.05, 0.1) is 61.0 Å². The van der Waals surface area contributed by atoms with Crippen LogP contribution in [0.3, 0.4) is 0 Å². The van der Waals surface area contributed by atoms with E-state index in [0.29, 0.717) is 0 Å². The predicted octanol–water partition coefficient (Wildman–Crippen LogP) is 20.4. The average Bonchev–Trinajstić information content (AvgIpc) is 1.80. The van der Waals surface area contributed by atoms with Crippen molar-refractivity contribution in [3.8, 4) is 67.5 Å². The molecule has 115 heavy (non-hydrogen) atoms. The lowest BCUT2D eigenvalue weighted by Gasteiger charge is -2.10. The lowest BCUT2D eigenvalue weighted by atomic mass is 10.0. The van der Waals surface area contributed by atoms with Crippen LogP contribution in [0.15, 0.2) is 251 Å². The van der Waals surface area contributed by atoms with Crippen molar-refractivity contribution in [3.63, 3.8) is 0 Å². The summed E-state index contributed by atoms with van der Waals surface area (Å²) in [5.74, 6) is 0. The summed E-state index contributed by atoms with van der Waals surface area (Å²) in [5.41, 5.74) is 48.4. The molecule has 0 amide bonds. The third kappa shape index (κ3) is 16.1. The van der Waals surface area contributed by atoms with E-state index in [4.69, 9.17) is 0 Å².